The van der Waals surface area contributed by atoms with Crippen molar-refractivity contribution < 1.29 is 50.5 Å². The van der Waals surface area contributed by atoms with Gasteiger partial charge < -0.3 is 24.2 Å². The van der Waals surface area contributed by atoms with Crippen LogP contribution < -0.4 is 18.5 Å². The number of benzene rings is 3. The number of aliphatic hydroxyl groups is 1. The second-order valence-electron chi connectivity index (χ2n) is 11.6. The maximum Gasteiger partial charge on any atom is 0.573 e. The zero-order valence-electron chi connectivity index (χ0n) is 27.0. The zero-order valence-corrected chi connectivity index (χ0v) is 28.6. The second-order valence-corrected chi connectivity index (χ2v) is 13.7. The van der Waals surface area contributed by atoms with Crippen LogP contribution in [0.3, 0.4) is 0 Å². The summed E-state index contributed by atoms with van der Waals surface area (Å²) < 4.78 is 85.3. The van der Waals surface area contributed by atoms with E-state index in [1.54, 1.807) is 37.3 Å². The summed E-state index contributed by atoms with van der Waals surface area (Å²) in [6.07, 6.45) is -3.10. The number of likely N-dealkylation sites (tertiary alicyclic amines) is 1. The van der Waals surface area contributed by atoms with Gasteiger partial charge in [-0.1, -0.05) is 29.8 Å². The molecule has 0 aromatic heterocycles. The fourth-order valence-electron chi connectivity index (χ4n) is 6.43. The molecule has 0 saturated carbocycles. The van der Waals surface area contributed by atoms with E-state index in [2.05, 4.69) is 4.74 Å². The van der Waals surface area contributed by atoms with E-state index >= 15 is 4.79 Å². The minimum atomic E-state index is -5.31. The van der Waals surface area contributed by atoms with Gasteiger partial charge in [0.2, 0.25) is 5.91 Å². The Morgan fingerprint density at radius 1 is 1.04 bits per heavy atom. The van der Waals surface area contributed by atoms with Gasteiger partial charge in [-0.2, -0.15) is 0 Å². The Labute approximate surface area is 286 Å². The van der Waals surface area contributed by atoms with Gasteiger partial charge in [-0.15, -0.1) is 13.2 Å². The average molecular weight is 724 g/mol. The molecular weight excluding hydrogens is 691 g/mol. The molecule has 3 atom stereocenters. The van der Waals surface area contributed by atoms with Gasteiger partial charge in [-0.3, -0.25) is 14.5 Å². The van der Waals surface area contributed by atoms with Crippen LogP contribution in [0.2, 0.25) is 5.02 Å². The molecule has 3 aromatic carbocycles. The number of anilines is 1. The van der Waals surface area contributed by atoms with E-state index < -0.39 is 56.5 Å². The third kappa shape index (κ3) is 6.20. The maximum absolute atomic E-state index is 15.4. The number of carbonyl (C=O) groups is 2. The van der Waals surface area contributed by atoms with E-state index in [-0.39, 0.29) is 46.3 Å². The van der Waals surface area contributed by atoms with Crippen LogP contribution in [-0.4, -0.2) is 88.5 Å². The number of ether oxygens (including phenoxy) is 3. The first-order valence-electron chi connectivity index (χ1n) is 14.8. The summed E-state index contributed by atoms with van der Waals surface area (Å²) in [5.41, 5.74) is -1.81. The first kappa shape index (κ1) is 36.0. The first-order chi connectivity index (χ1) is 23.0. The maximum atomic E-state index is 15.4. The van der Waals surface area contributed by atoms with Gasteiger partial charge in [-0.25, -0.2) is 12.7 Å². The van der Waals surface area contributed by atoms with Gasteiger partial charge in [-0.05, 0) is 61.4 Å². The molecule has 0 bridgehead atoms. The molecule has 3 aromatic rings. The number of sulfonamides is 1. The van der Waals surface area contributed by atoms with E-state index in [1.165, 1.54) is 56.3 Å². The van der Waals surface area contributed by atoms with E-state index in [1.807, 2.05) is 0 Å². The topological polar surface area (TPSA) is 126 Å². The number of halogens is 4. The number of nitrogens with zero attached hydrogens (tertiary/aromatic N) is 3. The fourth-order valence-corrected chi connectivity index (χ4v) is 8.16. The minimum absolute atomic E-state index is 0.0121. The van der Waals surface area contributed by atoms with Crippen LogP contribution in [0.25, 0.3) is 6.08 Å². The lowest BCUT2D eigenvalue weighted by atomic mass is 9.80. The molecule has 2 amide bonds. The number of alkyl halides is 3. The predicted molar refractivity (Wildman–Crippen MR) is 174 cm³/mol. The molecule has 16 heteroatoms. The van der Waals surface area contributed by atoms with E-state index in [4.69, 9.17) is 21.1 Å². The number of methoxy groups -OCH3 is 2. The molecule has 5 rings (SSSR count). The van der Waals surface area contributed by atoms with E-state index in [0.717, 1.165) is 18.2 Å². The smallest absolute Gasteiger partial charge is 0.497 e. The van der Waals surface area contributed by atoms with Gasteiger partial charge in [0, 0.05) is 42.9 Å². The molecule has 2 aliphatic rings. The quantitative estimate of drug-likeness (QED) is 0.332. The summed E-state index contributed by atoms with van der Waals surface area (Å²) in [6.45, 7) is 1.49. The Balaban J connectivity index is 1.90. The molecule has 1 N–H and O–H groups in total. The molecule has 49 heavy (non-hydrogen) atoms. The molecule has 1 saturated heterocycles. The third-order valence-corrected chi connectivity index (χ3v) is 10.3. The lowest BCUT2D eigenvalue weighted by Gasteiger charge is -2.42. The highest BCUT2D eigenvalue weighted by atomic mass is 35.5. The molecule has 2 aliphatic heterocycles. The number of allylic oxidation sites excluding steroid dienone is 1. The number of hydrogen-bond donors (Lipinski definition) is 1. The third-order valence-electron chi connectivity index (χ3n) is 8.36. The second kappa shape index (κ2) is 13.2. The van der Waals surface area contributed by atoms with Crippen molar-refractivity contribution in [1.82, 2.24) is 9.80 Å². The summed E-state index contributed by atoms with van der Waals surface area (Å²) in [4.78, 5) is 30.8. The van der Waals surface area contributed by atoms with Crippen LogP contribution in [0.4, 0.5) is 18.9 Å². The lowest BCUT2D eigenvalue weighted by Crippen LogP contribution is -2.59. The van der Waals surface area contributed by atoms with Crippen molar-refractivity contribution in [2.45, 2.75) is 42.3 Å². The summed E-state index contributed by atoms with van der Waals surface area (Å²) in [5.74, 6) is -2.84. The Hall–Kier alpha value is -4.31. The number of rotatable bonds is 9. The highest BCUT2D eigenvalue weighted by Gasteiger charge is 2.64. The standard InChI is InChI=1S/C33H33ClF3N3O8S/c1-6-7-19-8-12-27(47-5)24(14-19)32(39-18-21(41)16-26(39)30(42)38(2)3)23-15-20(34)9-11-25(23)40(31(32)43)49(44,45)29-13-10-22(46-4)17-28(29)48-33(35,36)37/h6-15,17,21,26,41H,16,18H2,1-5H3/t21-,26+,32?/m1/s1. The molecule has 0 aliphatic carbocycles. The van der Waals surface area contributed by atoms with Crippen molar-refractivity contribution in [3.8, 4) is 17.2 Å². The summed E-state index contributed by atoms with van der Waals surface area (Å²) in [7, 11) is 0.265. The molecule has 1 unspecified atom stereocenters. The number of fused-ring (bicyclic) bond motifs is 1. The van der Waals surface area contributed by atoms with Gasteiger partial charge in [0.05, 0.1) is 32.1 Å². The van der Waals surface area contributed by atoms with Gasteiger partial charge >= 0.3 is 6.36 Å². The highest BCUT2D eigenvalue weighted by molar-refractivity contribution is 7.93. The van der Waals surface area contributed by atoms with E-state index in [0.29, 0.717) is 9.87 Å². The molecule has 0 radical (unpaired) electrons. The largest absolute Gasteiger partial charge is 0.573 e. The number of carbonyl (C=O) groups excluding carboxylic acids is 2. The average Bonchev–Trinajstić information content (AvgIpc) is 3.54. The minimum Gasteiger partial charge on any atom is -0.497 e. The van der Waals surface area contributed by atoms with Crippen LogP contribution in [0, 0.1) is 0 Å². The van der Waals surface area contributed by atoms with Crippen LogP contribution >= 0.6 is 11.6 Å². The molecular formula is C33H33ClF3N3O8S. The Morgan fingerprint density at radius 3 is 2.37 bits per heavy atom. The van der Waals surface area contributed by atoms with Crippen molar-refractivity contribution in [2.75, 3.05) is 39.2 Å². The van der Waals surface area contributed by atoms with Gasteiger partial charge in [0.25, 0.3) is 15.9 Å². The number of likely N-dealkylation sites (N-methyl/N-ethyl adjacent to an activating group) is 1. The SMILES string of the molecule is CC=Cc1ccc(OC)c(C2(N3C[C@H](O)C[C@H]3C(=O)N(C)C)C(=O)N(S(=O)(=O)c3ccc(OC)cc3OC(F)(F)F)c3ccc(Cl)cc32)c1. The van der Waals surface area contributed by atoms with Crippen molar-refractivity contribution in [2.24, 2.45) is 0 Å². The number of β-amino-alcohol motifs (C(OH)–C–C–N with tert-alkyl or cyclic N) is 1. The molecule has 0 spiro atoms. The van der Waals surface area contributed by atoms with Gasteiger partial charge in [0.1, 0.15) is 16.4 Å². The number of hydrogen-bond acceptors (Lipinski definition) is 9. The molecule has 11 nitrogen and oxygen atoms in total. The van der Waals surface area contributed by atoms with Crippen LogP contribution in [-0.2, 0) is 25.2 Å². The molecule has 1 fully saturated rings. The fraction of sp³-hybridized carbons (Fsp3) is 0.333. The molecule has 262 valence electrons. The lowest BCUT2D eigenvalue weighted by molar-refractivity contribution is -0.275. The van der Waals surface area contributed by atoms with Crippen molar-refractivity contribution in [3.05, 3.63) is 82.4 Å². The zero-order chi connectivity index (χ0) is 36.1. The Morgan fingerprint density at radius 2 is 1.76 bits per heavy atom. The van der Waals surface area contributed by atoms with Crippen molar-refractivity contribution in [3.63, 3.8) is 0 Å². The van der Waals surface area contributed by atoms with Crippen molar-refractivity contribution in [1.29, 1.82) is 0 Å². The molecule has 2 heterocycles. The Kier molecular flexibility index (Phi) is 9.69. The number of aliphatic hydroxyl groups excluding tert-OH is 1. The highest BCUT2D eigenvalue weighted by Crippen LogP contribution is 2.55. The van der Waals surface area contributed by atoms with Gasteiger partial charge in [0.15, 0.2) is 11.3 Å². The summed E-state index contributed by atoms with van der Waals surface area (Å²) >= 11 is 6.51. The Bertz CT molecular complexity index is 1940. The summed E-state index contributed by atoms with van der Waals surface area (Å²) in [5, 5.41) is 11.1. The first-order valence-corrected chi connectivity index (χ1v) is 16.6. The number of amides is 2. The predicted octanol–water partition coefficient (Wildman–Crippen LogP) is 4.79. The van der Waals surface area contributed by atoms with Crippen LogP contribution in [0.5, 0.6) is 17.2 Å². The summed E-state index contributed by atoms with van der Waals surface area (Å²) in [6, 6.07) is 10.3. The monoisotopic (exact) mass is 723 g/mol. The normalized spacial score (nSPS) is 21.3. The van der Waals surface area contributed by atoms with Crippen molar-refractivity contribution >= 4 is 45.2 Å². The van der Waals surface area contributed by atoms with E-state index in [9.17, 15) is 31.5 Å². The van der Waals surface area contributed by atoms with Crippen LogP contribution in [0.15, 0.2) is 65.6 Å². The van der Waals surface area contributed by atoms with Crippen LogP contribution in [0.1, 0.15) is 30.0 Å².